The first-order valence-electron chi connectivity index (χ1n) is 25.5. The Morgan fingerprint density at radius 3 is 1.41 bits per heavy atom. The Kier molecular flexibility index (Phi) is 12.8. The van der Waals surface area contributed by atoms with Gasteiger partial charge in [-0.25, -0.2) is 0 Å². The number of nitrogen functional groups attached to an aromatic ring is 1. The molecule has 8 nitrogen and oxygen atoms in total. The highest BCUT2D eigenvalue weighted by atomic mass is 15.5. The molecule has 2 N–H and O–H groups in total. The van der Waals surface area contributed by atoms with Crippen LogP contribution in [0.3, 0.4) is 0 Å². The van der Waals surface area contributed by atoms with Crippen LogP contribution in [0.5, 0.6) is 0 Å². The fourth-order valence-corrected chi connectivity index (χ4v) is 10.2. The van der Waals surface area contributed by atoms with Gasteiger partial charge >= 0.3 is 0 Å². The highest BCUT2D eigenvalue weighted by Crippen LogP contribution is 2.42. The number of anilines is 7. The molecular weight excluding hydrogens is 905 g/mol. The number of nitrogens with zero attached hydrogens (tertiary/aromatic N) is 7. The van der Waals surface area contributed by atoms with Crippen molar-refractivity contribution in [1.29, 1.82) is 0 Å². The van der Waals surface area contributed by atoms with E-state index >= 15 is 0 Å². The average molecular weight is 959 g/mol. The summed E-state index contributed by atoms with van der Waals surface area (Å²) >= 11 is 0. The summed E-state index contributed by atoms with van der Waals surface area (Å²) in [6, 6.07) is 81.0. The molecule has 1 atom stereocenters. The maximum atomic E-state index is 6.05. The summed E-state index contributed by atoms with van der Waals surface area (Å²) < 4.78 is 0. The molecule has 2 aliphatic carbocycles. The number of nitrogens with two attached hydrogens (primary N) is 1. The Hall–Kier alpha value is -9.40. The number of hydrogen-bond donors (Lipinski definition) is 1. The van der Waals surface area contributed by atoms with Gasteiger partial charge in [-0.3, -0.25) is 0 Å². The van der Waals surface area contributed by atoms with Gasteiger partial charge in [0.15, 0.2) is 0 Å². The van der Waals surface area contributed by atoms with Crippen LogP contribution in [0.15, 0.2) is 259 Å². The van der Waals surface area contributed by atoms with Crippen LogP contribution in [0.4, 0.5) is 51.2 Å². The molecule has 74 heavy (non-hydrogen) atoms. The predicted molar refractivity (Wildman–Crippen MR) is 306 cm³/mol. The molecule has 10 aromatic rings. The van der Waals surface area contributed by atoms with Crippen LogP contribution in [0, 0.1) is 0 Å². The van der Waals surface area contributed by atoms with Crippen molar-refractivity contribution in [3.63, 3.8) is 0 Å². The van der Waals surface area contributed by atoms with Crippen molar-refractivity contribution < 1.29 is 0 Å². The zero-order valence-electron chi connectivity index (χ0n) is 41.0. The molecule has 0 saturated carbocycles. The Bertz CT molecular complexity index is 3640. The first-order chi connectivity index (χ1) is 36.6. The summed E-state index contributed by atoms with van der Waals surface area (Å²) in [5.41, 5.74) is 26.6. The van der Waals surface area contributed by atoms with Crippen LogP contribution in [0.2, 0.25) is 0 Å². The summed E-state index contributed by atoms with van der Waals surface area (Å²) in [6.07, 6.45) is 11.8. The normalized spacial score (nSPS) is 14.6. The molecule has 0 fully saturated rings. The minimum absolute atomic E-state index is 0.466. The summed E-state index contributed by atoms with van der Waals surface area (Å²) in [5.74, 6) is 0.466. The predicted octanol–water partition coefficient (Wildman–Crippen LogP) is 18.1. The number of hydrogen-bond acceptors (Lipinski definition) is 7. The van der Waals surface area contributed by atoms with Gasteiger partial charge in [0.2, 0.25) is 0 Å². The molecular formula is C66H54N8. The van der Waals surface area contributed by atoms with Crippen molar-refractivity contribution >= 4 is 79.1 Å². The first-order valence-corrected chi connectivity index (χ1v) is 25.5. The second-order valence-corrected chi connectivity index (χ2v) is 18.9. The Labute approximate surface area is 432 Å². The van der Waals surface area contributed by atoms with Gasteiger partial charge in [-0.1, -0.05) is 133 Å². The standard InChI is InChI=1S/C66H54N8/c67-63-15-7-8-16-64(63)69-68-55-35-23-49(24-36-55)52-29-41-60(42-30-52)72(56-11-3-1-4-12-56)58-37-25-50(26-38-58)47-19-21-48(22-20-47)51-27-39-59(40-28-51)73(57-13-5-2-6-14-57)61-43-31-53(32-44-61)54-33-45-62(46-34-54)74-70-65-17-9-10-18-66(65)71-74/h1-18,21,23-33,35-45,47H,19-20,22,34,46,67H2. The number of fused-ring (bicyclic) bond motifs is 1. The number of azo groups is 1. The quantitative estimate of drug-likeness (QED) is 0.0919. The largest absolute Gasteiger partial charge is 0.397 e. The third-order valence-corrected chi connectivity index (χ3v) is 14.3. The molecule has 8 heteroatoms. The number of para-hydroxylation sites is 3. The lowest BCUT2D eigenvalue weighted by Crippen LogP contribution is -2.10. The Morgan fingerprint density at radius 2 is 0.892 bits per heavy atom. The lowest BCUT2D eigenvalue weighted by atomic mass is 9.82. The van der Waals surface area contributed by atoms with E-state index < -0.39 is 0 Å². The Balaban J connectivity index is 0.715. The van der Waals surface area contributed by atoms with Crippen molar-refractivity contribution in [1.82, 2.24) is 15.0 Å². The molecule has 0 saturated heterocycles. The zero-order chi connectivity index (χ0) is 49.6. The minimum atomic E-state index is 0.466. The molecule has 0 spiro atoms. The van der Waals surface area contributed by atoms with Gasteiger partial charge in [-0.05, 0) is 192 Å². The maximum absolute atomic E-state index is 6.05. The molecule has 0 aliphatic heterocycles. The van der Waals surface area contributed by atoms with Crippen LogP contribution in [-0.2, 0) is 0 Å². The van der Waals surface area contributed by atoms with E-state index in [0.717, 1.165) is 99.8 Å². The minimum Gasteiger partial charge on any atom is -0.397 e. The average Bonchev–Trinajstić information content (AvgIpc) is 3.92. The molecule has 1 unspecified atom stereocenters. The van der Waals surface area contributed by atoms with Gasteiger partial charge < -0.3 is 15.5 Å². The van der Waals surface area contributed by atoms with Crippen LogP contribution >= 0.6 is 0 Å². The summed E-state index contributed by atoms with van der Waals surface area (Å²) in [7, 11) is 0. The SMILES string of the molecule is Nc1ccccc1N=Nc1ccc(-c2ccc(N(c3ccccc3)c3ccc(C4CC=C(c5ccc(N(c6ccccc6)c6ccc(C7=CC=C(n8nc9ccccc9n8)CC7)cc6)cc5)CC4)cc3)cc2)cc1. The number of rotatable bonds is 13. The molecule has 2 aliphatic rings. The molecule has 9 aromatic carbocycles. The Morgan fingerprint density at radius 1 is 0.419 bits per heavy atom. The van der Waals surface area contributed by atoms with Crippen LogP contribution in [0.1, 0.15) is 54.7 Å². The molecule has 358 valence electrons. The fourth-order valence-electron chi connectivity index (χ4n) is 10.2. The summed E-state index contributed by atoms with van der Waals surface area (Å²) in [6.45, 7) is 0. The van der Waals surface area contributed by atoms with Gasteiger partial charge in [0.1, 0.15) is 16.7 Å². The second-order valence-electron chi connectivity index (χ2n) is 18.9. The van der Waals surface area contributed by atoms with E-state index in [1.54, 1.807) is 4.80 Å². The molecule has 12 rings (SSSR count). The van der Waals surface area contributed by atoms with E-state index in [1.807, 2.05) is 60.7 Å². The van der Waals surface area contributed by atoms with E-state index in [2.05, 4.69) is 208 Å². The maximum Gasteiger partial charge on any atom is 0.113 e. The lowest BCUT2D eigenvalue weighted by Gasteiger charge is -2.27. The monoisotopic (exact) mass is 958 g/mol. The molecule has 0 bridgehead atoms. The van der Waals surface area contributed by atoms with Crippen molar-refractivity contribution in [2.24, 2.45) is 10.2 Å². The van der Waals surface area contributed by atoms with Crippen molar-refractivity contribution in [2.75, 3.05) is 15.5 Å². The van der Waals surface area contributed by atoms with Crippen molar-refractivity contribution in [2.45, 2.75) is 38.0 Å². The molecule has 0 radical (unpaired) electrons. The van der Waals surface area contributed by atoms with Crippen LogP contribution < -0.4 is 15.5 Å². The highest BCUT2D eigenvalue weighted by molar-refractivity contribution is 5.82. The number of aromatic nitrogens is 3. The second kappa shape index (κ2) is 20.7. The third-order valence-electron chi connectivity index (χ3n) is 14.3. The first kappa shape index (κ1) is 45.7. The van der Waals surface area contributed by atoms with Gasteiger partial charge in [-0.2, -0.15) is 9.91 Å². The highest BCUT2D eigenvalue weighted by Gasteiger charge is 2.21. The summed E-state index contributed by atoms with van der Waals surface area (Å²) in [4.78, 5) is 6.46. The van der Waals surface area contributed by atoms with E-state index in [0.29, 0.717) is 17.3 Å². The van der Waals surface area contributed by atoms with E-state index in [1.165, 1.54) is 27.8 Å². The van der Waals surface area contributed by atoms with E-state index in [9.17, 15) is 0 Å². The topological polar surface area (TPSA) is 87.9 Å². The molecule has 0 amide bonds. The van der Waals surface area contributed by atoms with Crippen LogP contribution in [0.25, 0.3) is 39.0 Å². The smallest absolute Gasteiger partial charge is 0.113 e. The number of allylic oxidation sites excluding steroid dienone is 6. The summed E-state index contributed by atoms with van der Waals surface area (Å²) in [5, 5.41) is 18.1. The lowest BCUT2D eigenvalue weighted by molar-refractivity contribution is 0.625. The van der Waals surface area contributed by atoms with E-state index in [-0.39, 0.29) is 0 Å². The third kappa shape index (κ3) is 9.81. The fraction of sp³-hybridized carbons (Fsp3) is 0.0909. The van der Waals surface area contributed by atoms with Crippen LogP contribution in [-0.4, -0.2) is 15.0 Å². The van der Waals surface area contributed by atoms with Gasteiger partial charge in [0.25, 0.3) is 0 Å². The molecule has 1 aromatic heterocycles. The van der Waals surface area contributed by atoms with Gasteiger partial charge in [0.05, 0.1) is 17.1 Å². The zero-order valence-corrected chi connectivity index (χ0v) is 41.0. The molecule has 1 heterocycles. The van der Waals surface area contributed by atoms with Gasteiger partial charge in [-0.15, -0.1) is 15.3 Å². The van der Waals surface area contributed by atoms with E-state index in [4.69, 9.17) is 15.9 Å². The van der Waals surface area contributed by atoms with Crippen molar-refractivity contribution in [3.8, 4) is 11.1 Å². The number of benzene rings is 9. The van der Waals surface area contributed by atoms with Gasteiger partial charge in [0, 0.05) is 34.1 Å². The van der Waals surface area contributed by atoms with Crippen molar-refractivity contribution in [3.05, 3.63) is 265 Å².